The van der Waals surface area contributed by atoms with Gasteiger partial charge in [0.05, 0.1) is 26.8 Å². The third-order valence-corrected chi connectivity index (χ3v) is 6.48. The van der Waals surface area contributed by atoms with E-state index in [0.29, 0.717) is 16.2 Å². The van der Waals surface area contributed by atoms with Crippen LogP contribution in [-0.2, 0) is 11.0 Å². The first-order valence-electron chi connectivity index (χ1n) is 7.60. The molecule has 0 N–H and O–H groups in total. The van der Waals surface area contributed by atoms with E-state index in [4.69, 9.17) is 17.0 Å². The number of nitrogens with zero attached hydrogens (tertiary/aromatic N) is 1. The van der Waals surface area contributed by atoms with E-state index in [2.05, 4.69) is 45.2 Å². The second kappa shape index (κ2) is 8.48. The van der Waals surface area contributed by atoms with Crippen molar-refractivity contribution < 1.29 is 22.7 Å². The number of hydrogen-bond acceptors (Lipinski definition) is 4. The van der Waals surface area contributed by atoms with E-state index < -0.39 is 17.6 Å². The quantitative estimate of drug-likeness (QED) is 0.222. The average Bonchev–Trinajstić information content (AvgIpc) is 2.87. The fourth-order valence-electron chi connectivity index (χ4n) is 2.56. The predicted molar refractivity (Wildman–Crippen MR) is 126 cm³/mol. The third kappa shape index (κ3) is 4.49. The fourth-order valence-corrected chi connectivity index (χ4v) is 5.96. The molecule has 1 heterocycles. The smallest absolute Gasteiger partial charge is 0.416 e. The van der Waals surface area contributed by atoms with Gasteiger partial charge < -0.3 is 4.74 Å². The molecular formula is C18H10F3I2NO2S2. The van der Waals surface area contributed by atoms with Crippen LogP contribution in [0.15, 0.2) is 41.3 Å². The van der Waals surface area contributed by atoms with Crippen molar-refractivity contribution in [3.8, 4) is 5.75 Å². The molecule has 0 aromatic heterocycles. The molecule has 1 saturated heterocycles. The number of rotatable bonds is 3. The number of thiocarbonyl (C=S) groups is 1. The zero-order valence-corrected chi connectivity index (χ0v) is 20.0. The van der Waals surface area contributed by atoms with Crippen molar-refractivity contribution in [2.24, 2.45) is 0 Å². The Labute approximate surface area is 196 Å². The molecule has 2 aromatic rings. The van der Waals surface area contributed by atoms with Gasteiger partial charge in [-0.3, -0.25) is 9.69 Å². The van der Waals surface area contributed by atoms with Crippen molar-refractivity contribution in [2.45, 2.75) is 6.18 Å². The minimum Gasteiger partial charge on any atom is -0.495 e. The van der Waals surface area contributed by atoms with Gasteiger partial charge in [0.1, 0.15) is 5.75 Å². The summed E-state index contributed by atoms with van der Waals surface area (Å²) in [7, 11) is 1.54. The number of methoxy groups -OCH3 is 1. The number of anilines is 1. The summed E-state index contributed by atoms with van der Waals surface area (Å²) in [5.41, 5.74) is -0.0508. The first-order chi connectivity index (χ1) is 13.1. The lowest BCUT2D eigenvalue weighted by atomic mass is 10.1. The lowest BCUT2D eigenvalue weighted by Gasteiger charge is -2.16. The Morgan fingerprint density at radius 3 is 2.57 bits per heavy atom. The van der Waals surface area contributed by atoms with Crippen LogP contribution >= 0.6 is 69.2 Å². The Kier molecular flexibility index (Phi) is 6.61. The summed E-state index contributed by atoms with van der Waals surface area (Å²) in [6, 6.07) is 8.35. The molecule has 1 aliphatic rings. The molecule has 1 fully saturated rings. The average molecular weight is 647 g/mol. The summed E-state index contributed by atoms with van der Waals surface area (Å²) in [4.78, 5) is 14.3. The zero-order valence-electron chi connectivity index (χ0n) is 14.0. The molecule has 1 aliphatic heterocycles. The van der Waals surface area contributed by atoms with Crippen LogP contribution in [0.5, 0.6) is 5.75 Å². The van der Waals surface area contributed by atoms with Crippen molar-refractivity contribution in [2.75, 3.05) is 12.0 Å². The van der Waals surface area contributed by atoms with Crippen LogP contribution in [0.25, 0.3) is 6.08 Å². The summed E-state index contributed by atoms with van der Waals surface area (Å²) in [5, 5.41) is 0. The normalized spacial score (nSPS) is 16.2. The number of amides is 1. The van der Waals surface area contributed by atoms with Crippen molar-refractivity contribution in [1.29, 1.82) is 0 Å². The molecule has 146 valence electrons. The van der Waals surface area contributed by atoms with Gasteiger partial charge in [-0.05, 0) is 81.6 Å². The van der Waals surface area contributed by atoms with Gasteiger partial charge in [-0.1, -0.05) is 30.0 Å². The monoisotopic (exact) mass is 647 g/mol. The largest absolute Gasteiger partial charge is 0.495 e. The van der Waals surface area contributed by atoms with Crippen LogP contribution in [0.4, 0.5) is 18.9 Å². The molecule has 2 aromatic carbocycles. The summed E-state index contributed by atoms with van der Waals surface area (Å²) < 4.78 is 46.5. The Hall–Kier alpha value is -0.860. The third-order valence-electron chi connectivity index (χ3n) is 3.75. The van der Waals surface area contributed by atoms with Crippen molar-refractivity contribution in [3.63, 3.8) is 0 Å². The molecular weight excluding hydrogens is 637 g/mol. The topological polar surface area (TPSA) is 29.5 Å². The SMILES string of the molecule is COc1c(I)cc(I)cc1/C=C1\SC(=S)N(c2cccc(C(F)(F)F)c2)C1=O. The van der Waals surface area contributed by atoms with Crippen molar-refractivity contribution in [3.05, 3.63) is 59.6 Å². The van der Waals surface area contributed by atoms with E-state index in [1.165, 1.54) is 19.2 Å². The van der Waals surface area contributed by atoms with Gasteiger partial charge in [0.2, 0.25) is 0 Å². The lowest BCUT2D eigenvalue weighted by molar-refractivity contribution is -0.137. The van der Waals surface area contributed by atoms with E-state index in [-0.39, 0.29) is 10.0 Å². The van der Waals surface area contributed by atoms with Gasteiger partial charge in [-0.25, -0.2) is 0 Å². The van der Waals surface area contributed by atoms with Crippen LogP contribution in [0, 0.1) is 7.14 Å². The lowest BCUT2D eigenvalue weighted by Crippen LogP contribution is -2.27. The summed E-state index contributed by atoms with van der Waals surface area (Å²) in [5.74, 6) is 0.149. The van der Waals surface area contributed by atoms with E-state index in [1.807, 2.05) is 12.1 Å². The van der Waals surface area contributed by atoms with Crippen LogP contribution in [0.2, 0.25) is 0 Å². The number of ether oxygens (including phenoxy) is 1. The number of carbonyl (C=O) groups excluding carboxylic acids is 1. The van der Waals surface area contributed by atoms with Gasteiger partial charge in [0.25, 0.3) is 5.91 Å². The molecule has 0 bridgehead atoms. The Morgan fingerprint density at radius 2 is 1.93 bits per heavy atom. The standard InChI is InChI=1S/C18H10F3I2NO2S2/c1-26-15-9(5-11(22)8-13(15)23)6-14-16(25)24(17(27)28-14)12-4-2-3-10(7-12)18(19,20)21/h2-8H,1H3/b14-6-. The van der Waals surface area contributed by atoms with Crippen LogP contribution in [-0.4, -0.2) is 17.3 Å². The van der Waals surface area contributed by atoms with Gasteiger partial charge >= 0.3 is 6.18 Å². The number of thioether (sulfide) groups is 1. The molecule has 1 amide bonds. The Bertz CT molecular complexity index is 1010. The zero-order chi connectivity index (χ0) is 20.6. The highest BCUT2D eigenvalue weighted by molar-refractivity contribution is 14.1. The van der Waals surface area contributed by atoms with Crippen LogP contribution in [0.1, 0.15) is 11.1 Å². The molecule has 3 nitrogen and oxygen atoms in total. The minimum absolute atomic E-state index is 0.0879. The van der Waals surface area contributed by atoms with Crippen molar-refractivity contribution >= 4 is 91.2 Å². The first kappa shape index (κ1) is 21.8. The van der Waals surface area contributed by atoms with Gasteiger partial charge in [0, 0.05) is 9.13 Å². The number of halogens is 5. The highest BCUT2D eigenvalue weighted by Crippen LogP contribution is 2.40. The molecule has 10 heteroatoms. The molecule has 0 saturated carbocycles. The molecule has 28 heavy (non-hydrogen) atoms. The Balaban J connectivity index is 2.01. The molecule has 0 atom stereocenters. The molecule has 0 unspecified atom stereocenters. The maximum absolute atomic E-state index is 13.0. The van der Waals surface area contributed by atoms with Gasteiger partial charge in [0.15, 0.2) is 4.32 Å². The maximum atomic E-state index is 13.0. The fraction of sp³-hybridized carbons (Fsp3) is 0.111. The summed E-state index contributed by atoms with van der Waals surface area (Å²) >= 11 is 10.6. The summed E-state index contributed by atoms with van der Waals surface area (Å²) in [6.45, 7) is 0. The summed E-state index contributed by atoms with van der Waals surface area (Å²) in [6.07, 6.45) is -2.85. The highest BCUT2D eigenvalue weighted by atomic mass is 127. The van der Waals surface area contributed by atoms with E-state index in [9.17, 15) is 18.0 Å². The second-order valence-corrected chi connectivity index (χ2v) is 9.66. The molecule has 0 radical (unpaired) electrons. The van der Waals surface area contributed by atoms with Crippen LogP contribution in [0.3, 0.4) is 0 Å². The van der Waals surface area contributed by atoms with Gasteiger partial charge in [-0.2, -0.15) is 13.2 Å². The maximum Gasteiger partial charge on any atom is 0.416 e. The highest BCUT2D eigenvalue weighted by Gasteiger charge is 2.36. The Morgan fingerprint density at radius 1 is 1.21 bits per heavy atom. The van der Waals surface area contributed by atoms with Crippen LogP contribution < -0.4 is 9.64 Å². The second-order valence-electron chi connectivity index (χ2n) is 5.58. The number of hydrogen-bond donors (Lipinski definition) is 0. The number of benzene rings is 2. The minimum atomic E-state index is -4.50. The molecule has 0 spiro atoms. The van der Waals surface area contributed by atoms with E-state index >= 15 is 0 Å². The van der Waals surface area contributed by atoms with E-state index in [0.717, 1.165) is 35.9 Å². The van der Waals surface area contributed by atoms with Crippen molar-refractivity contribution in [1.82, 2.24) is 0 Å². The number of carbonyl (C=O) groups is 1. The van der Waals surface area contributed by atoms with Gasteiger partial charge in [-0.15, -0.1) is 0 Å². The first-order valence-corrected chi connectivity index (χ1v) is 11.0. The molecule has 3 rings (SSSR count). The predicted octanol–water partition coefficient (Wildman–Crippen LogP) is 6.33. The number of alkyl halides is 3. The van der Waals surface area contributed by atoms with E-state index in [1.54, 1.807) is 6.08 Å². The molecule has 0 aliphatic carbocycles.